The lowest BCUT2D eigenvalue weighted by molar-refractivity contribution is -0.124. The Hall–Kier alpha value is -2.21. The molecule has 2 aromatic rings. The summed E-state index contributed by atoms with van der Waals surface area (Å²) in [6.07, 6.45) is 3.28. The van der Waals surface area contributed by atoms with Crippen molar-refractivity contribution in [2.24, 2.45) is 0 Å². The van der Waals surface area contributed by atoms with Crippen molar-refractivity contribution in [2.45, 2.75) is 71.4 Å². The molecule has 2 heterocycles. The Kier molecular flexibility index (Phi) is 6.73. The largest absolute Gasteiger partial charge is 0.444 e. The number of thiazole rings is 1. The zero-order valence-electron chi connectivity index (χ0n) is 17.7. The highest BCUT2D eigenvalue weighted by Crippen LogP contribution is 2.30. The fourth-order valence-corrected chi connectivity index (χ4v) is 4.65. The zero-order valence-corrected chi connectivity index (χ0v) is 18.6. The van der Waals surface area contributed by atoms with E-state index in [1.54, 1.807) is 16.2 Å². The number of nitrogens with zero attached hydrogens (tertiary/aromatic N) is 2. The molecule has 0 radical (unpaired) electrons. The van der Waals surface area contributed by atoms with E-state index in [1.807, 2.05) is 51.1 Å². The molecule has 5 nitrogen and oxygen atoms in total. The van der Waals surface area contributed by atoms with Gasteiger partial charge in [0.15, 0.2) is 5.78 Å². The summed E-state index contributed by atoms with van der Waals surface area (Å²) >= 11 is 1.60. The molecule has 156 valence electrons. The summed E-state index contributed by atoms with van der Waals surface area (Å²) in [5, 5.41) is 0.820. The Morgan fingerprint density at radius 3 is 2.59 bits per heavy atom. The summed E-state index contributed by atoms with van der Waals surface area (Å²) < 4.78 is 5.53. The highest BCUT2D eigenvalue weighted by Gasteiger charge is 2.35. The summed E-state index contributed by atoms with van der Waals surface area (Å²) in [6.45, 7) is 8.21. The number of hydrogen-bond acceptors (Lipinski definition) is 5. The summed E-state index contributed by atoms with van der Waals surface area (Å²) in [5.74, 6) is 0.0478. The predicted octanol–water partition coefficient (Wildman–Crippen LogP) is 5.27. The highest BCUT2D eigenvalue weighted by molar-refractivity contribution is 7.12. The molecule has 0 spiro atoms. The molecular formula is C23H30N2O3S. The molecule has 1 aliphatic heterocycles. The van der Waals surface area contributed by atoms with Gasteiger partial charge in [-0.1, -0.05) is 37.3 Å². The average molecular weight is 415 g/mol. The minimum Gasteiger partial charge on any atom is -0.444 e. The number of ketones is 1. The molecule has 1 aromatic carbocycles. The van der Waals surface area contributed by atoms with Crippen LogP contribution in [0.2, 0.25) is 0 Å². The van der Waals surface area contributed by atoms with Gasteiger partial charge in [-0.2, -0.15) is 0 Å². The van der Waals surface area contributed by atoms with Gasteiger partial charge in [0.2, 0.25) is 0 Å². The Balaban J connectivity index is 1.76. The fraction of sp³-hybridized carbons (Fsp3) is 0.522. The molecule has 0 bridgehead atoms. The van der Waals surface area contributed by atoms with Crippen molar-refractivity contribution in [3.63, 3.8) is 0 Å². The van der Waals surface area contributed by atoms with Crippen LogP contribution in [0.5, 0.6) is 0 Å². The van der Waals surface area contributed by atoms with Crippen molar-refractivity contribution in [2.75, 3.05) is 6.54 Å². The molecule has 1 atom stereocenters. The molecule has 6 heteroatoms. The van der Waals surface area contributed by atoms with Crippen molar-refractivity contribution >= 4 is 23.2 Å². The molecule has 0 unspecified atom stereocenters. The number of aryl methyl sites for hydroxylation is 1. The van der Waals surface area contributed by atoms with Crippen molar-refractivity contribution in [3.8, 4) is 11.3 Å². The third kappa shape index (κ3) is 5.44. The maximum absolute atomic E-state index is 13.1. The van der Waals surface area contributed by atoms with E-state index in [0.717, 1.165) is 35.5 Å². The van der Waals surface area contributed by atoms with E-state index < -0.39 is 17.7 Å². The van der Waals surface area contributed by atoms with Crippen LogP contribution in [-0.2, 0) is 22.4 Å². The van der Waals surface area contributed by atoms with Gasteiger partial charge in [-0.3, -0.25) is 9.69 Å². The first-order valence-corrected chi connectivity index (χ1v) is 11.2. The van der Waals surface area contributed by atoms with E-state index in [0.29, 0.717) is 13.0 Å². The van der Waals surface area contributed by atoms with Crippen LogP contribution in [0.15, 0.2) is 30.3 Å². The zero-order chi connectivity index (χ0) is 21.0. The van der Waals surface area contributed by atoms with E-state index in [2.05, 4.69) is 6.92 Å². The van der Waals surface area contributed by atoms with Crippen LogP contribution in [-0.4, -0.2) is 39.9 Å². The van der Waals surface area contributed by atoms with Crippen molar-refractivity contribution in [3.05, 3.63) is 40.2 Å². The maximum atomic E-state index is 13.1. The molecule has 1 aliphatic rings. The Morgan fingerprint density at radius 2 is 1.93 bits per heavy atom. The van der Waals surface area contributed by atoms with E-state index >= 15 is 0 Å². The van der Waals surface area contributed by atoms with Gasteiger partial charge in [0.25, 0.3) is 0 Å². The number of piperidine rings is 1. The van der Waals surface area contributed by atoms with Crippen LogP contribution in [0.1, 0.15) is 56.8 Å². The number of ether oxygens (including phenoxy) is 1. The number of rotatable bonds is 5. The summed E-state index contributed by atoms with van der Waals surface area (Å²) in [6, 6.07) is 9.66. The second kappa shape index (κ2) is 9.08. The predicted molar refractivity (Wildman–Crippen MR) is 116 cm³/mol. The second-order valence-corrected chi connectivity index (χ2v) is 9.60. The molecule has 0 N–H and O–H groups in total. The number of hydrogen-bond donors (Lipinski definition) is 0. The molecular weight excluding hydrogens is 384 g/mol. The lowest BCUT2D eigenvalue weighted by Crippen LogP contribution is -2.50. The van der Waals surface area contributed by atoms with Crippen LogP contribution >= 0.6 is 11.3 Å². The smallest absolute Gasteiger partial charge is 0.410 e. The number of Topliss-reactive ketones (excluding diaryl/α,β-unsaturated/α-hetero) is 1. The quantitative estimate of drug-likeness (QED) is 0.668. The second-order valence-electron chi connectivity index (χ2n) is 8.43. The molecule has 1 saturated heterocycles. The normalized spacial score (nSPS) is 17.2. The van der Waals surface area contributed by atoms with Crippen molar-refractivity contribution < 1.29 is 14.3 Å². The summed E-state index contributed by atoms with van der Waals surface area (Å²) in [4.78, 5) is 33.3. The third-order valence-electron chi connectivity index (χ3n) is 4.94. The van der Waals surface area contributed by atoms with Gasteiger partial charge in [-0.05, 0) is 46.5 Å². The van der Waals surface area contributed by atoms with Gasteiger partial charge in [0, 0.05) is 17.0 Å². The first kappa shape index (κ1) is 21.5. The number of likely N-dealkylation sites (tertiary alicyclic amines) is 1. The first-order chi connectivity index (χ1) is 13.8. The topological polar surface area (TPSA) is 59.5 Å². The third-order valence-corrected chi connectivity index (χ3v) is 6.14. The van der Waals surface area contributed by atoms with E-state index in [9.17, 15) is 9.59 Å². The molecule has 3 rings (SSSR count). The minimum absolute atomic E-state index is 0.0478. The van der Waals surface area contributed by atoms with Crippen LogP contribution in [0.25, 0.3) is 11.3 Å². The van der Waals surface area contributed by atoms with Gasteiger partial charge in [-0.15, -0.1) is 11.3 Å². The van der Waals surface area contributed by atoms with Crippen LogP contribution in [0, 0.1) is 0 Å². The van der Waals surface area contributed by atoms with Gasteiger partial charge < -0.3 is 4.74 Å². The SMILES string of the molecule is CCc1sc(CC(=O)[C@@H]2CCCCN2C(=O)OC(C)(C)C)nc1-c1ccccc1. The Morgan fingerprint density at radius 1 is 1.21 bits per heavy atom. The van der Waals surface area contributed by atoms with Crippen molar-refractivity contribution in [1.82, 2.24) is 9.88 Å². The summed E-state index contributed by atoms with van der Waals surface area (Å²) in [7, 11) is 0. The monoisotopic (exact) mass is 414 g/mol. The van der Waals surface area contributed by atoms with Crippen molar-refractivity contribution in [1.29, 1.82) is 0 Å². The Bertz CT molecular complexity index is 855. The highest BCUT2D eigenvalue weighted by atomic mass is 32.1. The standard InChI is InChI=1S/C23H30N2O3S/c1-5-19-21(16-11-7-6-8-12-16)24-20(29-19)15-18(26)17-13-9-10-14-25(17)22(27)28-23(2,3)4/h6-8,11-12,17H,5,9-10,13-15H2,1-4H3/t17-/m0/s1. The first-order valence-electron chi connectivity index (χ1n) is 10.3. The minimum atomic E-state index is -0.571. The van der Waals surface area contributed by atoms with E-state index in [4.69, 9.17) is 9.72 Å². The molecule has 0 aliphatic carbocycles. The van der Waals surface area contributed by atoms with Gasteiger partial charge >= 0.3 is 6.09 Å². The number of carbonyl (C=O) groups is 2. The van der Waals surface area contributed by atoms with Crippen LogP contribution in [0.3, 0.4) is 0 Å². The lowest BCUT2D eigenvalue weighted by atomic mass is 9.97. The number of aromatic nitrogens is 1. The molecule has 1 aromatic heterocycles. The molecule has 29 heavy (non-hydrogen) atoms. The fourth-order valence-electron chi connectivity index (χ4n) is 3.61. The number of amides is 1. The van der Waals surface area contributed by atoms with Gasteiger partial charge in [-0.25, -0.2) is 9.78 Å². The van der Waals surface area contributed by atoms with Crippen LogP contribution in [0.4, 0.5) is 4.79 Å². The van der Waals surface area contributed by atoms with Gasteiger partial charge in [0.1, 0.15) is 10.6 Å². The van der Waals surface area contributed by atoms with Crippen LogP contribution < -0.4 is 0 Å². The molecule has 0 saturated carbocycles. The van der Waals surface area contributed by atoms with E-state index in [1.165, 1.54) is 4.88 Å². The number of benzene rings is 1. The number of carbonyl (C=O) groups excluding carboxylic acids is 2. The molecule has 1 fully saturated rings. The van der Waals surface area contributed by atoms with E-state index in [-0.39, 0.29) is 12.2 Å². The lowest BCUT2D eigenvalue weighted by Gasteiger charge is -2.35. The maximum Gasteiger partial charge on any atom is 0.410 e. The Labute approximate surface area is 177 Å². The summed E-state index contributed by atoms with van der Waals surface area (Å²) in [5.41, 5.74) is 1.47. The average Bonchev–Trinajstić information content (AvgIpc) is 3.10. The van der Waals surface area contributed by atoms with Gasteiger partial charge in [0.05, 0.1) is 18.2 Å². The molecule has 1 amide bonds.